The van der Waals surface area contributed by atoms with Gasteiger partial charge in [-0.3, -0.25) is 0 Å². The predicted molar refractivity (Wildman–Crippen MR) is 74.6 cm³/mol. The highest BCUT2D eigenvalue weighted by Crippen LogP contribution is 2.21. The average Bonchev–Trinajstić information content (AvgIpc) is 2.81. The van der Waals surface area contributed by atoms with E-state index in [0.717, 1.165) is 35.3 Å². The monoisotopic (exact) mass is 278 g/mol. The van der Waals surface area contributed by atoms with Gasteiger partial charge in [-0.15, -0.1) is 5.10 Å². The zero-order chi connectivity index (χ0) is 13.2. The van der Waals surface area contributed by atoms with E-state index < -0.39 is 0 Å². The van der Waals surface area contributed by atoms with Gasteiger partial charge in [-0.25, -0.2) is 9.50 Å². The van der Waals surface area contributed by atoms with E-state index >= 15 is 0 Å². The van der Waals surface area contributed by atoms with Crippen molar-refractivity contribution in [2.24, 2.45) is 0 Å². The van der Waals surface area contributed by atoms with Gasteiger partial charge in [-0.05, 0) is 39.2 Å². The first kappa shape index (κ1) is 12.9. The molecule has 3 rings (SSSR count). The highest BCUT2D eigenvalue weighted by molar-refractivity contribution is 7.99. The fourth-order valence-electron chi connectivity index (χ4n) is 2.32. The van der Waals surface area contributed by atoms with E-state index in [1.807, 2.05) is 19.9 Å². The van der Waals surface area contributed by atoms with Crippen LogP contribution >= 0.6 is 11.8 Å². The largest absolute Gasteiger partial charge is 0.377 e. The van der Waals surface area contributed by atoms with Gasteiger partial charge in [0.15, 0.2) is 0 Å². The standard InChI is InChI=1S/C13H18N4OS/c1-9-7-10(2)17-12(14-9)15-13(16-17)19-8-11-5-3-4-6-18-11/h7,11H,3-6,8H2,1-2H3/t11-/m0/s1. The van der Waals surface area contributed by atoms with Crippen molar-refractivity contribution in [3.8, 4) is 0 Å². The fraction of sp³-hybridized carbons (Fsp3) is 0.615. The van der Waals surface area contributed by atoms with Gasteiger partial charge in [-0.1, -0.05) is 11.8 Å². The highest BCUT2D eigenvalue weighted by Gasteiger charge is 2.16. The second-order valence-electron chi connectivity index (χ2n) is 4.94. The molecule has 1 aliphatic heterocycles. The molecule has 6 heteroatoms. The van der Waals surface area contributed by atoms with Crippen LogP contribution in [0.5, 0.6) is 0 Å². The minimum Gasteiger partial charge on any atom is -0.377 e. The smallest absolute Gasteiger partial charge is 0.253 e. The summed E-state index contributed by atoms with van der Waals surface area (Å²) in [6.07, 6.45) is 3.96. The number of ether oxygens (including phenoxy) is 1. The van der Waals surface area contributed by atoms with Crippen molar-refractivity contribution >= 4 is 17.5 Å². The Balaban J connectivity index is 1.72. The van der Waals surface area contributed by atoms with Crippen LogP contribution in [0, 0.1) is 13.8 Å². The summed E-state index contributed by atoms with van der Waals surface area (Å²) in [5.74, 6) is 1.61. The van der Waals surface area contributed by atoms with Gasteiger partial charge in [0.25, 0.3) is 5.78 Å². The Labute approximate surface area is 116 Å². The molecule has 1 saturated heterocycles. The summed E-state index contributed by atoms with van der Waals surface area (Å²) in [6.45, 7) is 4.89. The molecule has 1 atom stereocenters. The second-order valence-corrected chi connectivity index (χ2v) is 5.93. The fourth-order valence-corrected chi connectivity index (χ4v) is 3.20. The maximum atomic E-state index is 5.72. The summed E-state index contributed by atoms with van der Waals surface area (Å²) >= 11 is 1.66. The molecule has 1 aliphatic rings. The molecule has 102 valence electrons. The molecular formula is C13H18N4OS. The number of hydrogen-bond donors (Lipinski definition) is 0. The topological polar surface area (TPSA) is 52.3 Å². The third kappa shape index (κ3) is 2.90. The summed E-state index contributed by atoms with van der Waals surface area (Å²) in [5, 5.41) is 5.28. The lowest BCUT2D eigenvalue weighted by atomic mass is 10.1. The average molecular weight is 278 g/mol. The molecule has 2 aromatic heterocycles. The molecule has 0 spiro atoms. The van der Waals surface area contributed by atoms with Crippen LogP contribution in [0.3, 0.4) is 0 Å². The van der Waals surface area contributed by atoms with Gasteiger partial charge < -0.3 is 4.74 Å². The van der Waals surface area contributed by atoms with Crippen LogP contribution in [-0.2, 0) is 4.74 Å². The molecule has 0 aromatic carbocycles. The van der Waals surface area contributed by atoms with Gasteiger partial charge >= 0.3 is 0 Å². The summed E-state index contributed by atoms with van der Waals surface area (Å²) in [5.41, 5.74) is 2.04. The van der Waals surface area contributed by atoms with Crippen molar-refractivity contribution in [1.82, 2.24) is 19.6 Å². The zero-order valence-electron chi connectivity index (χ0n) is 11.3. The normalized spacial score (nSPS) is 20.0. The van der Waals surface area contributed by atoms with Crippen LogP contribution < -0.4 is 0 Å². The Hall–Kier alpha value is -1.14. The predicted octanol–water partition coefficient (Wildman–Crippen LogP) is 2.40. The lowest BCUT2D eigenvalue weighted by molar-refractivity contribution is 0.0315. The number of hydrogen-bond acceptors (Lipinski definition) is 5. The third-order valence-electron chi connectivity index (χ3n) is 3.27. The Bertz CT molecular complexity index is 577. The van der Waals surface area contributed by atoms with Crippen molar-refractivity contribution in [3.05, 3.63) is 17.5 Å². The van der Waals surface area contributed by atoms with Crippen LogP contribution in [0.1, 0.15) is 30.7 Å². The Morgan fingerprint density at radius 3 is 3.05 bits per heavy atom. The molecule has 1 fully saturated rings. The van der Waals surface area contributed by atoms with Crippen molar-refractivity contribution in [3.63, 3.8) is 0 Å². The number of aryl methyl sites for hydroxylation is 2. The first-order valence-electron chi connectivity index (χ1n) is 6.68. The van der Waals surface area contributed by atoms with E-state index in [2.05, 4.69) is 15.1 Å². The van der Waals surface area contributed by atoms with Crippen LogP contribution in [0.2, 0.25) is 0 Å². The first-order chi connectivity index (χ1) is 9.22. The molecule has 0 radical (unpaired) electrons. The van der Waals surface area contributed by atoms with E-state index in [-0.39, 0.29) is 0 Å². The Morgan fingerprint density at radius 1 is 1.37 bits per heavy atom. The molecular weight excluding hydrogens is 260 g/mol. The number of aromatic nitrogens is 4. The lowest BCUT2D eigenvalue weighted by Crippen LogP contribution is -2.21. The maximum absolute atomic E-state index is 5.72. The van der Waals surface area contributed by atoms with Crippen molar-refractivity contribution < 1.29 is 4.74 Å². The molecule has 0 amide bonds. The summed E-state index contributed by atoms with van der Waals surface area (Å²) in [4.78, 5) is 8.86. The van der Waals surface area contributed by atoms with E-state index in [4.69, 9.17) is 4.74 Å². The summed E-state index contributed by atoms with van der Waals surface area (Å²) < 4.78 is 7.52. The number of rotatable bonds is 3. The maximum Gasteiger partial charge on any atom is 0.253 e. The Kier molecular flexibility index (Phi) is 3.70. The van der Waals surface area contributed by atoms with Gasteiger partial charge in [0, 0.05) is 23.7 Å². The van der Waals surface area contributed by atoms with E-state index in [1.165, 1.54) is 12.8 Å². The zero-order valence-corrected chi connectivity index (χ0v) is 12.1. The number of nitrogens with zero attached hydrogens (tertiary/aromatic N) is 4. The molecule has 19 heavy (non-hydrogen) atoms. The van der Waals surface area contributed by atoms with E-state index in [1.54, 1.807) is 16.3 Å². The lowest BCUT2D eigenvalue weighted by Gasteiger charge is -2.21. The van der Waals surface area contributed by atoms with Crippen molar-refractivity contribution in [2.75, 3.05) is 12.4 Å². The summed E-state index contributed by atoms with van der Waals surface area (Å²) in [6, 6.07) is 2.01. The molecule has 0 saturated carbocycles. The molecule has 0 aliphatic carbocycles. The van der Waals surface area contributed by atoms with Gasteiger partial charge in [-0.2, -0.15) is 4.98 Å². The first-order valence-corrected chi connectivity index (χ1v) is 7.66. The molecule has 3 heterocycles. The minimum atomic E-state index is 0.348. The van der Waals surface area contributed by atoms with E-state index in [0.29, 0.717) is 11.9 Å². The third-order valence-corrected chi connectivity index (χ3v) is 4.24. The molecule has 5 nitrogen and oxygen atoms in total. The number of fused-ring (bicyclic) bond motifs is 1. The number of thioether (sulfide) groups is 1. The van der Waals surface area contributed by atoms with Crippen LogP contribution in [0.25, 0.3) is 5.78 Å². The van der Waals surface area contributed by atoms with Crippen LogP contribution in [0.4, 0.5) is 0 Å². The molecule has 0 unspecified atom stereocenters. The van der Waals surface area contributed by atoms with Crippen molar-refractivity contribution in [2.45, 2.75) is 44.4 Å². The molecule has 2 aromatic rings. The molecule has 0 bridgehead atoms. The van der Waals surface area contributed by atoms with Crippen molar-refractivity contribution in [1.29, 1.82) is 0 Å². The SMILES string of the molecule is Cc1cc(C)n2nc(SC[C@@H]3CCCCO3)nc2n1. The quantitative estimate of drug-likeness (QED) is 0.807. The van der Waals surface area contributed by atoms with Gasteiger partial charge in [0.05, 0.1) is 6.10 Å². The highest BCUT2D eigenvalue weighted by atomic mass is 32.2. The minimum absolute atomic E-state index is 0.348. The second kappa shape index (κ2) is 5.46. The van der Waals surface area contributed by atoms with E-state index in [9.17, 15) is 0 Å². The van der Waals surface area contributed by atoms with Crippen LogP contribution in [-0.4, -0.2) is 38.0 Å². The van der Waals surface area contributed by atoms with Crippen LogP contribution in [0.15, 0.2) is 11.2 Å². The van der Waals surface area contributed by atoms with Gasteiger partial charge in [0.1, 0.15) is 0 Å². The summed E-state index contributed by atoms with van der Waals surface area (Å²) in [7, 11) is 0. The Morgan fingerprint density at radius 2 is 2.26 bits per heavy atom. The van der Waals surface area contributed by atoms with Gasteiger partial charge in [0.2, 0.25) is 5.16 Å². The molecule has 0 N–H and O–H groups in total.